The first-order valence-electron chi connectivity index (χ1n) is 10.6. The third-order valence-corrected chi connectivity index (χ3v) is 7.01. The van der Waals surface area contributed by atoms with Crippen molar-refractivity contribution in [2.75, 3.05) is 43.1 Å². The molecule has 3 aliphatic heterocycles. The Hall–Kier alpha value is -3.04. The van der Waals surface area contributed by atoms with Crippen molar-refractivity contribution in [3.05, 3.63) is 48.5 Å². The molecule has 9 heteroatoms. The fourth-order valence-electron chi connectivity index (χ4n) is 4.08. The van der Waals surface area contributed by atoms with Gasteiger partial charge in [0.1, 0.15) is 5.75 Å². The average molecular weight is 454 g/mol. The van der Waals surface area contributed by atoms with E-state index in [9.17, 15) is 14.4 Å². The predicted octanol–water partition coefficient (Wildman–Crippen LogP) is 2.14. The SMILES string of the molecule is O=C1Nc2ccccc2S[C@@H]1CC(=O)N1C[C@@H](C(=O)N2CCOCC2)Oc2ccccc21. The van der Waals surface area contributed by atoms with Crippen LogP contribution in [0.1, 0.15) is 6.42 Å². The summed E-state index contributed by atoms with van der Waals surface area (Å²) in [6.07, 6.45) is -0.766. The summed E-state index contributed by atoms with van der Waals surface area (Å²) in [4.78, 5) is 43.2. The second kappa shape index (κ2) is 8.84. The first kappa shape index (κ1) is 20.8. The van der Waals surface area contributed by atoms with Gasteiger partial charge < -0.3 is 24.6 Å². The molecule has 3 heterocycles. The lowest BCUT2D eigenvalue weighted by molar-refractivity contribution is -0.142. The molecule has 32 heavy (non-hydrogen) atoms. The van der Waals surface area contributed by atoms with E-state index in [4.69, 9.17) is 9.47 Å². The number of nitrogens with zero attached hydrogens (tertiary/aromatic N) is 2. The molecule has 1 N–H and O–H groups in total. The van der Waals surface area contributed by atoms with Gasteiger partial charge >= 0.3 is 0 Å². The molecule has 1 fully saturated rings. The highest BCUT2D eigenvalue weighted by Gasteiger charge is 2.38. The van der Waals surface area contributed by atoms with E-state index in [0.717, 1.165) is 10.6 Å². The Labute approximate surface area is 189 Å². The van der Waals surface area contributed by atoms with Gasteiger partial charge in [-0.2, -0.15) is 0 Å². The summed E-state index contributed by atoms with van der Waals surface area (Å²) in [6, 6.07) is 14.7. The zero-order valence-corrected chi connectivity index (χ0v) is 18.2. The molecule has 5 rings (SSSR count). The van der Waals surface area contributed by atoms with E-state index in [1.165, 1.54) is 11.8 Å². The van der Waals surface area contributed by atoms with Crippen LogP contribution in [0.4, 0.5) is 11.4 Å². The molecule has 2 aromatic carbocycles. The van der Waals surface area contributed by atoms with Crippen molar-refractivity contribution in [2.45, 2.75) is 22.7 Å². The lowest BCUT2D eigenvalue weighted by Crippen LogP contribution is -2.54. The van der Waals surface area contributed by atoms with Crippen LogP contribution in [0.15, 0.2) is 53.4 Å². The number of carbonyl (C=O) groups is 3. The standard InChI is InChI=1S/C23H23N3O5S/c27-21(13-20-22(28)24-15-5-1-4-8-19(15)32-20)26-14-18(23(29)25-9-11-30-12-10-25)31-17-7-3-2-6-16(17)26/h1-8,18,20H,9-14H2,(H,24,28)/t18-,20+/m0/s1. The van der Waals surface area contributed by atoms with Crippen molar-refractivity contribution in [1.29, 1.82) is 0 Å². The number of rotatable bonds is 3. The van der Waals surface area contributed by atoms with Gasteiger partial charge in [-0.15, -0.1) is 11.8 Å². The van der Waals surface area contributed by atoms with E-state index in [1.54, 1.807) is 21.9 Å². The third-order valence-electron chi connectivity index (χ3n) is 5.74. The zero-order valence-electron chi connectivity index (χ0n) is 17.4. The van der Waals surface area contributed by atoms with Crippen LogP contribution in [0.2, 0.25) is 0 Å². The van der Waals surface area contributed by atoms with Crippen LogP contribution in [0.5, 0.6) is 5.75 Å². The van der Waals surface area contributed by atoms with Crippen LogP contribution < -0.4 is 15.0 Å². The molecule has 2 atom stereocenters. The molecular weight excluding hydrogens is 430 g/mol. The largest absolute Gasteiger partial charge is 0.476 e. The Kier molecular flexibility index (Phi) is 5.75. The van der Waals surface area contributed by atoms with Gasteiger partial charge in [-0.25, -0.2) is 0 Å². The van der Waals surface area contributed by atoms with E-state index in [2.05, 4.69) is 5.32 Å². The smallest absolute Gasteiger partial charge is 0.265 e. The quantitative estimate of drug-likeness (QED) is 0.766. The van der Waals surface area contributed by atoms with Crippen molar-refractivity contribution in [2.24, 2.45) is 0 Å². The molecule has 0 aliphatic carbocycles. The molecule has 166 valence electrons. The maximum atomic E-state index is 13.4. The van der Waals surface area contributed by atoms with Gasteiger partial charge in [0.25, 0.3) is 5.91 Å². The van der Waals surface area contributed by atoms with E-state index >= 15 is 0 Å². The van der Waals surface area contributed by atoms with E-state index in [0.29, 0.717) is 37.7 Å². The number of hydrogen-bond donors (Lipinski definition) is 1. The summed E-state index contributed by atoms with van der Waals surface area (Å²) in [7, 11) is 0. The molecule has 8 nitrogen and oxygen atoms in total. The predicted molar refractivity (Wildman–Crippen MR) is 120 cm³/mol. The van der Waals surface area contributed by atoms with Crippen LogP contribution >= 0.6 is 11.8 Å². The number of fused-ring (bicyclic) bond motifs is 2. The Balaban J connectivity index is 1.35. The molecule has 0 saturated carbocycles. The topological polar surface area (TPSA) is 88.2 Å². The summed E-state index contributed by atoms with van der Waals surface area (Å²) in [5.41, 5.74) is 1.38. The van der Waals surface area contributed by atoms with Crippen LogP contribution in [0.25, 0.3) is 0 Å². The molecule has 2 aromatic rings. The monoisotopic (exact) mass is 453 g/mol. The number of benzene rings is 2. The second-order valence-electron chi connectivity index (χ2n) is 7.81. The van der Waals surface area contributed by atoms with Crippen LogP contribution in [-0.4, -0.2) is 66.8 Å². The summed E-state index contributed by atoms with van der Waals surface area (Å²) in [6.45, 7) is 2.11. The Morgan fingerprint density at radius 1 is 1.06 bits per heavy atom. The van der Waals surface area contributed by atoms with Gasteiger partial charge in [0.05, 0.1) is 36.4 Å². The molecular formula is C23H23N3O5S. The molecule has 0 unspecified atom stereocenters. The fourth-order valence-corrected chi connectivity index (χ4v) is 5.18. The summed E-state index contributed by atoms with van der Waals surface area (Å²) < 4.78 is 11.3. The van der Waals surface area contributed by atoms with E-state index in [-0.39, 0.29) is 30.7 Å². The normalized spacial score (nSPS) is 22.3. The van der Waals surface area contributed by atoms with Crippen molar-refractivity contribution in [1.82, 2.24) is 4.90 Å². The third kappa shape index (κ3) is 4.05. The minimum absolute atomic E-state index is 0.0254. The minimum Gasteiger partial charge on any atom is -0.476 e. The molecule has 3 amide bonds. The summed E-state index contributed by atoms with van der Waals surface area (Å²) in [5.74, 6) is -0.0683. The lowest BCUT2D eigenvalue weighted by Gasteiger charge is -2.37. The second-order valence-corrected chi connectivity index (χ2v) is 9.06. The maximum Gasteiger partial charge on any atom is 0.265 e. The first-order chi connectivity index (χ1) is 15.6. The molecule has 0 bridgehead atoms. The zero-order chi connectivity index (χ0) is 22.1. The molecule has 0 aromatic heterocycles. The number of morpholine rings is 1. The average Bonchev–Trinajstić information content (AvgIpc) is 2.83. The number of nitrogens with one attached hydrogen (secondary N) is 1. The lowest BCUT2D eigenvalue weighted by atomic mass is 10.1. The number of para-hydroxylation sites is 3. The molecule has 1 saturated heterocycles. The van der Waals surface area contributed by atoms with Crippen LogP contribution in [0, 0.1) is 0 Å². The van der Waals surface area contributed by atoms with Crippen LogP contribution in [-0.2, 0) is 19.1 Å². The highest BCUT2D eigenvalue weighted by atomic mass is 32.2. The number of thioether (sulfide) groups is 1. The number of hydrogen-bond acceptors (Lipinski definition) is 6. The first-order valence-corrected chi connectivity index (χ1v) is 11.5. The summed E-state index contributed by atoms with van der Waals surface area (Å²) >= 11 is 1.39. The van der Waals surface area contributed by atoms with E-state index in [1.807, 2.05) is 36.4 Å². The highest BCUT2D eigenvalue weighted by Crippen LogP contribution is 2.38. The Morgan fingerprint density at radius 3 is 2.66 bits per heavy atom. The number of anilines is 2. The van der Waals surface area contributed by atoms with Gasteiger partial charge in [-0.05, 0) is 24.3 Å². The van der Waals surface area contributed by atoms with Gasteiger partial charge in [0, 0.05) is 24.4 Å². The highest BCUT2D eigenvalue weighted by molar-refractivity contribution is 8.01. The minimum atomic E-state index is -0.791. The van der Waals surface area contributed by atoms with E-state index < -0.39 is 11.4 Å². The van der Waals surface area contributed by atoms with Crippen molar-refractivity contribution in [3.63, 3.8) is 0 Å². The summed E-state index contributed by atoms with van der Waals surface area (Å²) in [5, 5.41) is 2.34. The van der Waals surface area contributed by atoms with Crippen molar-refractivity contribution < 1.29 is 23.9 Å². The number of ether oxygens (including phenoxy) is 2. The van der Waals surface area contributed by atoms with Crippen molar-refractivity contribution in [3.8, 4) is 5.75 Å². The Morgan fingerprint density at radius 2 is 1.81 bits per heavy atom. The Bertz CT molecular complexity index is 1060. The molecule has 0 radical (unpaired) electrons. The molecule has 0 spiro atoms. The number of carbonyl (C=O) groups excluding carboxylic acids is 3. The van der Waals surface area contributed by atoms with Gasteiger partial charge in [-0.1, -0.05) is 24.3 Å². The van der Waals surface area contributed by atoms with Gasteiger partial charge in [0.15, 0.2) is 6.10 Å². The maximum absolute atomic E-state index is 13.4. The number of amides is 3. The van der Waals surface area contributed by atoms with Gasteiger partial charge in [0.2, 0.25) is 11.8 Å². The fraction of sp³-hybridized carbons (Fsp3) is 0.348. The van der Waals surface area contributed by atoms with Gasteiger partial charge in [-0.3, -0.25) is 14.4 Å². The van der Waals surface area contributed by atoms with Crippen LogP contribution in [0.3, 0.4) is 0 Å². The van der Waals surface area contributed by atoms with Crippen molar-refractivity contribution >= 4 is 40.9 Å². The molecule has 3 aliphatic rings.